The number of aliphatic hydroxyl groups is 1. The molecule has 0 aliphatic carbocycles. The Balaban J connectivity index is 0.000000956. The number of nitrogens with zero attached hydrogens (tertiary/aromatic N) is 1. The van der Waals surface area contributed by atoms with Gasteiger partial charge in [0.15, 0.2) is 0 Å². The zero-order chi connectivity index (χ0) is 15.1. The predicted octanol–water partition coefficient (Wildman–Crippen LogP) is 1.48. The van der Waals surface area contributed by atoms with Crippen LogP contribution in [-0.4, -0.2) is 41.8 Å². The molecule has 4 nitrogen and oxygen atoms in total. The molecule has 1 aliphatic rings. The fourth-order valence-electron chi connectivity index (χ4n) is 2.13. The van der Waals surface area contributed by atoms with Crippen LogP contribution in [-0.2, 0) is 16.1 Å². The molecule has 110 valence electrons. The molecule has 1 amide bonds. The van der Waals surface area contributed by atoms with Crippen LogP contribution in [0.5, 0.6) is 0 Å². The zero-order valence-corrected chi connectivity index (χ0v) is 11.1. The second kappa shape index (κ2) is 7.69. The molecule has 0 bridgehead atoms. The Morgan fingerprint density at radius 2 is 2.00 bits per heavy atom. The first-order valence-corrected chi connectivity index (χ1v) is 6.16. The number of Topliss-reactive ketones (excluding diaryl/α,β-unsaturated/α-hetero) is 1. The number of hydrogen-bond donors (Lipinski definition) is 1. The molecule has 1 aromatic carbocycles. The summed E-state index contributed by atoms with van der Waals surface area (Å²) in [5, 5.41) is 8.59. The molecule has 1 saturated heterocycles. The second-order valence-electron chi connectivity index (χ2n) is 4.32. The topological polar surface area (TPSA) is 57.6 Å². The van der Waals surface area contributed by atoms with Gasteiger partial charge in [-0.15, -0.1) is 0 Å². The molecule has 0 aromatic heterocycles. The third-order valence-electron chi connectivity index (χ3n) is 3.09. The van der Waals surface area contributed by atoms with E-state index in [1.807, 2.05) is 30.3 Å². The second-order valence-corrected chi connectivity index (χ2v) is 4.32. The zero-order valence-electron chi connectivity index (χ0n) is 11.1. The van der Waals surface area contributed by atoms with Gasteiger partial charge in [0.1, 0.15) is 5.92 Å². The standard InChI is InChI=1S/C13H14FNO3.CH3F/c14-12(17)11(16)10-6-7-15(13(10)18)8-9-4-2-1-3-5-9;1-2/h1-5,10,12,17H,6-8H2;1H3. The summed E-state index contributed by atoms with van der Waals surface area (Å²) >= 11 is 0. The van der Waals surface area contributed by atoms with E-state index < -0.39 is 24.0 Å². The van der Waals surface area contributed by atoms with Gasteiger partial charge < -0.3 is 10.0 Å². The van der Waals surface area contributed by atoms with E-state index in [1.165, 1.54) is 4.90 Å². The highest BCUT2D eigenvalue weighted by Crippen LogP contribution is 2.22. The highest BCUT2D eigenvalue weighted by atomic mass is 19.1. The van der Waals surface area contributed by atoms with E-state index in [4.69, 9.17) is 5.11 Å². The van der Waals surface area contributed by atoms with Crippen LogP contribution in [0.15, 0.2) is 30.3 Å². The first kappa shape index (κ1) is 16.2. The molecule has 2 rings (SSSR count). The van der Waals surface area contributed by atoms with Crippen LogP contribution in [0, 0.1) is 5.92 Å². The number of aliphatic hydroxyl groups excluding tert-OH is 1. The Morgan fingerprint density at radius 1 is 1.40 bits per heavy atom. The van der Waals surface area contributed by atoms with Crippen LogP contribution >= 0.6 is 0 Å². The van der Waals surface area contributed by atoms with Gasteiger partial charge in [0, 0.05) is 13.1 Å². The SMILES string of the molecule is CF.O=C(C(O)F)C1CCN(Cc2ccccc2)C1=O. The molecule has 2 atom stereocenters. The maximum atomic E-state index is 12.5. The van der Waals surface area contributed by atoms with E-state index in [0.717, 1.165) is 5.56 Å². The number of ketones is 1. The number of halogens is 2. The molecule has 0 saturated carbocycles. The molecule has 0 spiro atoms. The number of carbonyl (C=O) groups excluding carboxylic acids is 2. The molecule has 1 aliphatic heterocycles. The maximum Gasteiger partial charge on any atom is 0.256 e. The molecule has 6 heteroatoms. The number of amides is 1. The molecule has 1 heterocycles. The van der Waals surface area contributed by atoms with E-state index in [9.17, 15) is 18.4 Å². The van der Waals surface area contributed by atoms with Crippen molar-refractivity contribution in [1.82, 2.24) is 4.90 Å². The van der Waals surface area contributed by atoms with Crippen molar-refractivity contribution in [2.75, 3.05) is 13.7 Å². The van der Waals surface area contributed by atoms with Gasteiger partial charge >= 0.3 is 0 Å². The van der Waals surface area contributed by atoms with E-state index in [1.54, 1.807) is 0 Å². The fourth-order valence-corrected chi connectivity index (χ4v) is 2.13. The molecule has 1 aromatic rings. The summed E-state index contributed by atoms with van der Waals surface area (Å²) < 4.78 is 22.0. The highest BCUT2D eigenvalue weighted by Gasteiger charge is 2.39. The summed E-state index contributed by atoms with van der Waals surface area (Å²) in [7, 11) is 0.500. The third kappa shape index (κ3) is 3.84. The Bertz CT molecular complexity index is 451. The lowest BCUT2D eigenvalue weighted by molar-refractivity contribution is -0.146. The smallest absolute Gasteiger partial charge is 0.256 e. The van der Waals surface area contributed by atoms with Crippen molar-refractivity contribution in [2.24, 2.45) is 5.92 Å². The van der Waals surface area contributed by atoms with Crippen LogP contribution in [0.2, 0.25) is 0 Å². The summed E-state index contributed by atoms with van der Waals surface area (Å²) in [4.78, 5) is 24.7. The quantitative estimate of drug-likeness (QED) is 0.852. The third-order valence-corrected chi connectivity index (χ3v) is 3.09. The predicted molar refractivity (Wildman–Crippen MR) is 69.1 cm³/mol. The average molecular weight is 285 g/mol. The Hall–Kier alpha value is -1.82. The number of carbonyl (C=O) groups is 2. The number of benzene rings is 1. The Kier molecular flexibility index (Phi) is 6.24. The van der Waals surface area contributed by atoms with Crippen LogP contribution in [0.4, 0.5) is 8.78 Å². The van der Waals surface area contributed by atoms with Gasteiger partial charge in [0.05, 0.1) is 7.18 Å². The number of alkyl halides is 2. The summed E-state index contributed by atoms with van der Waals surface area (Å²) in [6.45, 7) is 0.822. The van der Waals surface area contributed by atoms with Crippen molar-refractivity contribution in [3.63, 3.8) is 0 Å². The van der Waals surface area contributed by atoms with Gasteiger partial charge in [-0.05, 0) is 12.0 Å². The van der Waals surface area contributed by atoms with Crippen molar-refractivity contribution in [3.05, 3.63) is 35.9 Å². The van der Waals surface area contributed by atoms with Crippen LogP contribution in [0.25, 0.3) is 0 Å². The lowest BCUT2D eigenvalue weighted by Gasteiger charge is -2.16. The molecule has 20 heavy (non-hydrogen) atoms. The molecule has 2 unspecified atom stereocenters. The van der Waals surface area contributed by atoms with E-state index in [2.05, 4.69) is 0 Å². The van der Waals surface area contributed by atoms with Crippen LogP contribution in [0.1, 0.15) is 12.0 Å². The van der Waals surface area contributed by atoms with Crippen molar-refractivity contribution in [3.8, 4) is 0 Å². The van der Waals surface area contributed by atoms with Crippen molar-refractivity contribution < 1.29 is 23.5 Å². The van der Waals surface area contributed by atoms with Gasteiger partial charge in [0.2, 0.25) is 11.7 Å². The molecular weight excluding hydrogens is 268 g/mol. The normalized spacial score (nSPS) is 19.3. The fraction of sp³-hybridized carbons (Fsp3) is 0.429. The van der Waals surface area contributed by atoms with Crippen molar-refractivity contribution in [1.29, 1.82) is 0 Å². The minimum absolute atomic E-state index is 0.269. The van der Waals surface area contributed by atoms with Gasteiger partial charge in [-0.1, -0.05) is 30.3 Å². The lowest BCUT2D eigenvalue weighted by atomic mass is 10.0. The van der Waals surface area contributed by atoms with Crippen LogP contribution in [0.3, 0.4) is 0 Å². The molecule has 1 fully saturated rings. The Labute approximate surface area is 116 Å². The summed E-state index contributed by atoms with van der Waals surface area (Å²) in [6, 6.07) is 9.37. The summed E-state index contributed by atoms with van der Waals surface area (Å²) in [5.41, 5.74) is 0.958. The first-order valence-electron chi connectivity index (χ1n) is 6.16. The molecule has 1 N–H and O–H groups in total. The van der Waals surface area contributed by atoms with Crippen molar-refractivity contribution >= 4 is 11.7 Å². The van der Waals surface area contributed by atoms with Gasteiger partial charge in [-0.25, -0.2) is 4.39 Å². The number of rotatable bonds is 4. The van der Waals surface area contributed by atoms with Crippen LogP contribution < -0.4 is 0 Å². The van der Waals surface area contributed by atoms with E-state index in [0.29, 0.717) is 20.3 Å². The molecule has 0 radical (unpaired) electrons. The summed E-state index contributed by atoms with van der Waals surface area (Å²) in [5.74, 6) is -2.47. The van der Waals surface area contributed by atoms with E-state index >= 15 is 0 Å². The highest BCUT2D eigenvalue weighted by molar-refractivity contribution is 6.03. The van der Waals surface area contributed by atoms with Gasteiger partial charge in [-0.3, -0.25) is 14.0 Å². The minimum atomic E-state index is -2.56. The number of likely N-dealkylation sites (tertiary alicyclic amines) is 1. The maximum absolute atomic E-state index is 12.5. The number of hydrogen-bond acceptors (Lipinski definition) is 3. The Morgan fingerprint density at radius 3 is 2.55 bits per heavy atom. The first-order chi connectivity index (χ1) is 9.59. The van der Waals surface area contributed by atoms with E-state index in [-0.39, 0.29) is 6.42 Å². The lowest BCUT2D eigenvalue weighted by Crippen LogP contribution is -2.33. The molecular formula is C14H17F2NO3. The average Bonchev–Trinajstić information content (AvgIpc) is 2.82. The van der Waals surface area contributed by atoms with Gasteiger partial charge in [0.25, 0.3) is 6.36 Å². The minimum Gasteiger partial charge on any atom is -0.358 e. The summed E-state index contributed by atoms with van der Waals surface area (Å²) in [6.07, 6.45) is -2.29. The van der Waals surface area contributed by atoms with Crippen molar-refractivity contribution in [2.45, 2.75) is 19.3 Å². The van der Waals surface area contributed by atoms with Gasteiger partial charge in [-0.2, -0.15) is 0 Å². The monoisotopic (exact) mass is 285 g/mol. The largest absolute Gasteiger partial charge is 0.358 e.